The highest BCUT2D eigenvalue weighted by molar-refractivity contribution is 7.99. The van der Waals surface area contributed by atoms with Crippen molar-refractivity contribution in [3.05, 3.63) is 29.6 Å². The standard InChI is InChI=1S/C16H19F3N4O3S/c1-10-21-22-15(23(10)2)27-9-14(24)20-12-8-11(16(17,18)19)4-5-13(12)26-7-6-25-3/h4-5,8H,6-7,9H2,1-3H3,(H,20,24). The zero-order valence-corrected chi connectivity index (χ0v) is 15.8. The number of hydrogen-bond acceptors (Lipinski definition) is 6. The Morgan fingerprint density at radius 3 is 2.63 bits per heavy atom. The van der Waals surface area contributed by atoms with Gasteiger partial charge in [-0.2, -0.15) is 13.2 Å². The molecule has 1 N–H and O–H groups in total. The molecular weight excluding hydrogens is 385 g/mol. The van der Waals surface area contributed by atoms with Crippen LogP contribution in [0.5, 0.6) is 5.75 Å². The summed E-state index contributed by atoms with van der Waals surface area (Å²) in [5, 5.41) is 10.8. The largest absolute Gasteiger partial charge is 0.489 e. The molecule has 2 aromatic rings. The highest BCUT2D eigenvalue weighted by Gasteiger charge is 2.31. The topological polar surface area (TPSA) is 78.3 Å². The maximum Gasteiger partial charge on any atom is 0.416 e. The molecule has 7 nitrogen and oxygen atoms in total. The fourth-order valence-electron chi connectivity index (χ4n) is 1.99. The number of ether oxygens (including phenoxy) is 2. The monoisotopic (exact) mass is 404 g/mol. The number of anilines is 1. The highest BCUT2D eigenvalue weighted by Crippen LogP contribution is 2.35. The third kappa shape index (κ3) is 5.86. The van der Waals surface area contributed by atoms with Crippen LogP contribution in [0, 0.1) is 6.92 Å². The van der Waals surface area contributed by atoms with Gasteiger partial charge in [0.05, 0.1) is 23.6 Å². The average Bonchev–Trinajstić information content (AvgIpc) is 2.92. The predicted molar refractivity (Wildman–Crippen MR) is 93.9 cm³/mol. The van der Waals surface area contributed by atoms with Crippen LogP contribution in [-0.4, -0.2) is 46.7 Å². The van der Waals surface area contributed by atoms with Crippen molar-refractivity contribution in [2.24, 2.45) is 7.05 Å². The Labute approximate surface area is 158 Å². The van der Waals surface area contributed by atoms with Crippen LogP contribution in [-0.2, 0) is 22.8 Å². The van der Waals surface area contributed by atoms with Crippen molar-refractivity contribution < 1.29 is 27.4 Å². The first-order valence-electron chi connectivity index (χ1n) is 7.84. The molecule has 0 aliphatic rings. The first kappa shape index (κ1) is 21.0. The Hall–Kier alpha value is -2.27. The molecule has 0 saturated heterocycles. The number of aromatic nitrogens is 3. The SMILES string of the molecule is COCCOc1ccc(C(F)(F)F)cc1NC(=O)CSc1nnc(C)n1C. The van der Waals surface area contributed by atoms with Crippen LogP contribution in [0.2, 0.25) is 0 Å². The minimum Gasteiger partial charge on any atom is -0.489 e. The van der Waals surface area contributed by atoms with E-state index in [1.807, 2.05) is 0 Å². The minimum atomic E-state index is -4.53. The van der Waals surface area contributed by atoms with E-state index in [-0.39, 0.29) is 30.4 Å². The van der Waals surface area contributed by atoms with E-state index in [1.54, 1.807) is 18.5 Å². The van der Waals surface area contributed by atoms with E-state index in [9.17, 15) is 18.0 Å². The normalized spacial score (nSPS) is 11.5. The number of hydrogen-bond donors (Lipinski definition) is 1. The van der Waals surface area contributed by atoms with Gasteiger partial charge in [-0.05, 0) is 25.1 Å². The number of carbonyl (C=O) groups is 1. The molecule has 1 aromatic heterocycles. The molecule has 0 unspecified atom stereocenters. The lowest BCUT2D eigenvalue weighted by Gasteiger charge is -2.15. The molecule has 0 aliphatic heterocycles. The molecule has 11 heteroatoms. The molecule has 0 aliphatic carbocycles. The number of halogens is 3. The van der Waals surface area contributed by atoms with Gasteiger partial charge in [0.15, 0.2) is 5.16 Å². The first-order valence-corrected chi connectivity index (χ1v) is 8.82. The van der Waals surface area contributed by atoms with Crippen molar-refractivity contribution >= 4 is 23.4 Å². The van der Waals surface area contributed by atoms with Gasteiger partial charge < -0.3 is 19.4 Å². The Morgan fingerprint density at radius 2 is 2.04 bits per heavy atom. The summed E-state index contributed by atoms with van der Waals surface area (Å²) in [6.07, 6.45) is -4.53. The number of thioether (sulfide) groups is 1. The summed E-state index contributed by atoms with van der Waals surface area (Å²) in [5.74, 6) is 0.286. The number of carbonyl (C=O) groups excluding carboxylic acids is 1. The molecule has 0 atom stereocenters. The molecule has 0 spiro atoms. The summed E-state index contributed by atoms with van der Waals surface area (Å²) < 4.78 is 50.8. The van der Waals surface area contributed by atoms with E-state index in [2.05, 4.69) is 15.5 Å². The number of amides is 1. The number of nitrogens with one attached hydrogen (secondary N) is 1. The molecule has 148 valence electrons. The van der Waals surface area contributed by atoms with Gasteiger partial charge in [-0.15, -0.1) is 10.2 Å². The van der Waals surface area contributed by atoms with Gasteiger partial charge in [0, 0.05) is 14.2 Å². The van der Waals surface area contributed by atoms with Gasteiger partial charge in [0.2, 0.25) is 5.91 Å². The van der Waals surface area contributed by atoms with E-state index >= 15 is 0 Å². The zero-order valence-electron chi connectivity index (χ0n) is 15.0. The molecule has 0 radical (unpaired) electrons. The van der Waals surface area contributed by atoms with E-state index in [4.69, 9.17) is 9.47 Å². The van der Waals surface area contributed by atoms with Crippen molar-refractivity contribution in [1.82, 2.24) is 14.8 Å². The summed E-state index contributed by atoms with van der Waals surface area (Å²) in [6.45, 7) is 2.16. The quantitative estimate of drug-likeness (QED) is 0.539. The number of alkyl halides is 3. The summed E-state index contributed by atoms with van der Waals surface area (Å²) in [5.41, 5.74) is -0.936. The Kier molecular flexibility index (Phi) is 7.08. The molecule has 1 amide bonds. The predicted octanol–water partition coefficient (Wildman–Crippen LogP) is 2.90. The maximum atomic E-state index is 13.0. The number of benzene rings is 1. The number of rotatable bonds is 8. The Bertz CT molecular complexity index is 796. The van der Waals surface area contributed by atoms with E-state index in [1.165, 1.54) is 13.2 Å². The van der Waals surface area contributed by atoms with E-state index in [0.717, 1.165) is 23.9 Å². The molecule has 1 aromatic carbocycles. The lowest BCUT2D eigenvalue weighted by molar-refractivity contribution is -0.137. The fraction of sp³-hybridized carbons (Fsp3) is 0.438. The lowest BCUT2D eigenvalue weighted by atomic mass is 10.1. The molecule has 1 heterocycles. The molecule has 2 rings (SSSR count). The number of aryl methyl sites for hydroxylation is 1. The van der Waals surface area contributed by atoms with Crippen LogP contribution in [0.15, 0.2) is 23.4 Å². The van der Waals surface area contributed by atoms with Gasteiger partial charge in [-0.3, -0.25) is 4.79 Å². The smallest absolute Gasteiger partial charge is 0.416 e. The molecule has 0 fully saturated rings. The first-order chi connectivity index (χ1) is 12.7. The van der Waals surface area contributed by atoms with Crippen molar-refractivity contribution in [1.29, 1.82) is 0 Å². The Balaban J connectivity index is 2.10. The second-order valence-electron chi connectivity index (χ2n) is 5.48. The average molecular weight is 404 g/mol. The van der Waals surface area contributed by atoms with Crippen molar-refractivity contribution in [3.63, 3.8) is 0 Å². The molecular formula is C16H19F3N4O3S. The van der Waals surface area contributed by atoms with E-state index < -0.39 is 17.6 Å². The number of nitrogens with zero attached hydrogens (tertiary/aromatic N) is 3. The summed E-state index contributed by atoms with van der Waals surface area (Å²) in [7, 11) is 3.23. The third-order valence-corrected chi connectivity index (χ3v) is 4.53. The molecule has 0 bridgehead atoms. The van der Waals surface area contributed by atoms with Crippen LogP contribution in [0.25, 0.3) is 0 Å². The number of methoxy groups -OCH3 is 1. The summed E-state index contributed by atoms with van der Waals surface area (Å²) in [4.78, 5) is 12.2. The van der Waals surface area contributed by atoms with Crippen LogP contribution in [0.1, 0.15) is 11.4 Å². The van der Waals surface area contributed by atoms with Crippen molar-refractivity contribution in [2.75, 3.05) is 31.4 Å². The summed E-state index contributed by atoms with van der Waals surface area (Å²) in [6, 6.07) is 2.92. The van der Waals surface area contributed by atoms with Gasteiger partial charge in [0.25, 0.3) is 0 Å². The molecule has 0 saturated carbocycles. The van der Waals surface area contributed by atoms with Crippen molar-refractivity contribution in [2.45, 2.75) is 18.3 Å². The Morgan fingerprint density at radius 1 is 1.30 bits per heavy atom. The molecule has 27 heavy (non-hydrogen) atoms. The van der Waals surface area contributed by atoms with Gasteiger partial charge in [-0.25, -0.2) is 0 Å². The van der Waals surface area contributed by atoms with Crippen molar-refractivity contribution in [3.8, 4) is 5.75 Å². The van der Waals surface area contributed by atoms with E-state index in [0.29, 0.717) is 11.0 Å². The van der Waals surface area contributed by atoms with Gasteiger partial charge in [0.1, 0.15) is 18.2 Å². The third-order valence-electron chi connectivity index (χ3n) is 3.51. The fourth-order valence-corrected chi connectivity index (χ4v) is 2.75. The zero-order chi connectivity index (χ0) is 20.0. The van der Waals surface area contributed by atoms with Gasteiger partial charge in [-0.1, -0.05) is 11.8 Å². The lowest BCUT2D eigenvalue weighted by Crippen LogP contribution is -2.17. The van der Waals surface area contributed by atoms with Crippen LogP contribution in [0.4, 0.5) is 18.9 Å². The second kappa shape index (κ2) is 9.09. The van der Waals surface area contributed by atoms with Gasteiger partial charge >= 0.3 is 6.18 Å². The minimum absolute atomic E-state index is 0.0419. The highest BCUT2D eigenvalue weighted by atomic mass is 32.2. The van der Waals surface area contributed by atoms with Crippen LogP contribution >= 0.6 is 11.8 Å². The van der Waals surface area contributed by atoms with Crippen LogP contribution < -0.4 is 10.1 Å². The maximum absolute atomic E-state index is 13.0. The van der Waals surface area contributed by atoms with Crippen LogP contribution in [0.3, 0.4) is 0 Å². The second-order valence-corrected chi connectivity index (χ2v) is 6.42. The summed E-state index contributed by atoms with van der Waals surface area (Å²) >= 11 is 1.13.